The number of rotatable bonds is 0. The number of hydrogen-bond donors (Lipinski definition) is 0. The summed E-state index contributed by atoms with van der Waals surface area (Å²) in [5, 5.41) is 6.21. The van der Waals surface area contributed by atoms with E-state index in [1.54, 1.807) is 0 Å². The van der Waals surface area contributed by atoms with Gasteiger partial charge in [0.15, 0.2) is 0 Å². The van der Waals surface area contributed by atoms with E-state index in [0.717, 1.165) is 21.5 Å². The lowest BCUT2D eigenvalue weighted by Gasteiger charge is -2.03. The molecule has 1 heterocycles. The molecule has 0 amide bonds. The summed E-state index contributed by atoms with van der Waals surface area (Å²) in [6.07, 6.45) is 0. The van der Waals surface area contributed by atoms with E-state index in [0.29, 0.717) is 5.96 Å². The summed E-state index contributed by atoms with van der Waals surface area (Å²) in [4.78, 5) is 8.80. The lowest BCUT2D eigenvalue weighted by Crippen LogP contribution is -2.23. The molecule has 0 radical (unpaired) electrons. The van der Waals surface area contributed by atoms with E-state index in [9.17, 15) is 0 Å². The first-order valence-electron chi connectivity index (χ1n) is 5.94. The van der Waals surface area contributed by atoms with Crippen LogP contribution in [0.15, 0.2) is 63.0 Å². The summed E-state index contributed by atoms with van der Waals surface area (Å²) in [6, 6.07) is 16.4. The number of nitrogens with zero attached hydrogens (tertiary/aromatic N) is 3. The van der Waals surface area contributed by atoms with Crippen molar-refractivity contribution in [3.63, 3.8) is 0 Å². The van der Waals surface area contributed by atoms with Crippen LogP contribution < -0.4 is 10.7 Å². The van der Waals surface area contributed by atoms with Gasteiger partial charge in [-0.15, -0.1) is 4.51 Å². The standard InChI is InChI=1S/C15H8ClN3/c16-19-15-17-13-11-7-3-1-5-9(11)10-6-2-4-8-12(10)14(13)18-15/h1-8H. The van der Waals surface area contributed by atoms with Crippen molar-refractivity contribution in [3.05, 3.63) is 59.2 Å². The molecule has 19 heavy (non-hydrogen) atoms. The Morgan fingerprint density at radius 1 is 0.684 bits per heavy atom. The van der Waals surface area contributed by atoms with Crippen molar-refractivity contribution < 1.29 is 0 Å². The highest BCUT2D eigenvalue weighted by atomic mass is 35.5. The summed E-state index contributed by atoms with van der Waals surface area (Å²) < 4.78 is 3.57. The lowest BCUT2D eigenvalue weighted by molar-refractivity contribution is 1.46. The predicted octanol–water partition coefficient (Wildman–Crippen LogP) is 2.76. The normalized spacial score (nSPS) is 13.2. The van der Waals surface area contributed by atoms with Crippen molar-refractivity contribution in [2.75, 3.05) is 0 Å². The van der Waals surface area contributed by atoms with Crippen LogP contribution in [-0.4, -0.2) is 5.96 Å². The Labute approximate surface area is 113 Å². The van der Waals surface area contributed by atoms with Crippen molar-refractivity contribution in [1.82, 2.24) is 0 Å². The Bertz CT molecular complexity index is 897. The van der Waals surface area contributed by atoms with Crippen LogP contribution in [0.5, 0.6) is 0 Å². The van der Waals surface area contributed by atoms with Crippen molar-refractivity contribution in [3.8, 4) is 0 Å². The monoisotopic (exact) mass is 265 g/mol. The molecule has 0 aromatic heterocycles. The molecule has 3 aromatic carbocycles. The van der Waals surface area contributed by atoms with Gasteiger partial charge < -0.3 is 0 Å². The van der Waals surface area contributed by atoms with Gasteiger partial charge in [-0.3, -0.25) is 0 Å². The van der Waals surface area contributed by atoms with Crippen LogP contribution in [0.1, 0.15) is 0 Å². The molecule has 90 valence electrons. The maximum absolute atomic E-state index is 5.50. The molecular formula is C15H8ClN3. The molecule has 0 spiro atoms. The summed E-state index contributed by atoms with van der Waals surface area (Å²) in [5.41, 5.74) is 0. The van der Waals surface area contributed by atoms with Crippen LogP contribution >= 0.6 is 11.8 Å². The minimum absolute atomic E-state index is 0.318. The SMILES string of the molecule is ClN=C1N=c2c(c3ccccc3c3ccccc23)=N1. The van der Waals surface area contributed by atoms with Gasteiger partial charge in [0, 0.05) is 22.5 Å². The van der Waals surface area contributed by atoms with E-state index in [-0.39, 0.29) is 0 Å². The molecule has 1 aliphatic rings. The van der Waals surface area contributed by atoms with Gasteiger partial charge in [0.05, 0.1) is 0 Å². The third-order valence-electron chi connectivity index (χ3n) is 3.38. The first kappa shape index (κ1) is 10.6. The molecule has 0 bridgehead atoms. The van der Waals surface area contributed by atoms with Crippen LogP contribution in [0, 0.1) is 0 Å². The molecule has 4 rings (SSSR count). The number of guanidine groups is 1. The summed E-state index contributed by atoms with van der Waals surface area (Å²) in [5.74, 6) is 0.318. The van der Waals surface area contributed by atoms with Gasteiger partial charge in [-0.25, -0.2) is 9.98 Å². The van der Waals surface area contributed by atoms with Gasteiger partial charge in [-0.1, -0.05) is 48.5 Å². The molecule has 0 saturated heterocycles. The highest BCUT2D eigenvalue weighted by Gasteiger charge is 2.12. The minimum atomic E-state index is 0.318. The molecule has 4 heteroatoms. The van der Waals surface area contributed by atoms with Gasteiger partial charge in [-0.2, -0.15) is 0 Å². The van der Waals surface area contributed by atoms with Crippen LogP contribution in [0.4, 0.5) is 0 Å². The van der Waals surface area contributed by atoms with E-state index >= 15 is 0 Å². The van der Waals surface area contributed by atoms with Crippen molar-refractivity contribution in [2.45, 2.75) is 0 Å². The quantitative estimate of drug-likeness (QED) is 0.561. The highest BCUT2D eigenvalue weighted by Crippen LogP contribution is 2.20. The number of halogens is 1. The zero-order chi connectivity index (χ0) is 12.8. The average Bonchev–Trinajstić information content (AvgIpc) is 2.92. The van der Waals surface area contributed by atoms with Crippen molar-refractivity contribution in [1.29, 1.82) is 0 Å². The van der Waals surface area contributed by atoms with E-state index in [4.69, 9.17) is 11.8 Å². The third kappa shape index (κ3) is 1.42. The maximum Gasteiger partial charge on any atom is 0.262 e. The number of benzene rings is 3. The van der Waals surface area contributed by atoms with E-state index < -0.39 is 0 Å². The second-order valence-corrected chi connectivity index (χ2v) is 4.57. The molecule has 0 atom stereocenters. The van der Waals surface area contributed by atoms with Gasteiger partial charge >= 0.3 is 0 Å². The fourth-order valence-corrected chi connectivity index (χ4v) is 2.67. The van der Waals surface area contributed by atoms with E-state index in [2.05, 4.69) is 38.8 Å². The molecule has 0 N–H and O–H groups in total. The number of hydrogen-bond acceptors (Lipinski definition) is 1. The maximum atomic E-state index is 5.50. The first-order chi connectivity index (χ1) is 9.38. The zero-order valence-corrected chi connectivity index (χ0v) is 10.6. The van der Waals surface area contributed by atoms with Gasteiger partial charge in [0.25, 0.3) is 5.96 Å². The highest BCUT2D eigenvalue weighted by molar-refractivity contribution is 6.20. The van der Waals surface area contributed by atoms with Gasteiger partial charge in [0.2, 0.25) is 0 Å². The molecule has 0 fully saturated rings. The fraction of sp³-hybridized carbons (Fsp3) is 0. The second-order valence-electron chi connectivity index (χ2n) is 4.40. The smallest absolute Gasteiger partial charge is 0.208 e. The van der Waals surface area contributed by atoms with E-state index in [1.165, 1.54) is 10.8 Å². The molecule has 3 aromatic rings. The molecule has 3 nitrogen and oxygen atoms in total. The molecule has 1 aliphatic heterocycles. The Balaban J connectivity index is 2.43. The number of fused-ring (bicyclic) bond motifs is 6. The zero-order valence-electron chi connectivity index (χ0n) is 9.84. The Hall–Kier alpha value is -2.26. The first-order valence-corrected chi connectivity index (χ1v) is 6.28. The molecular weight excluding hydrogens is 258 g/mol. The molecule has 0 saturated carbocycles. The second kappa shape index (κ2) is 3.87. The van der Waals surface area contributed by atoms with Crippen LogP contribution in [-0.2, 0) is 0 Å². The molecule has 0 aliphatic carbocycles. The average molecular weight is 266 g/mol. The predicted molar refractivity (Wildman–Crippen MR) is 77.1 cm³/mol. The Morgan fingerprint density at radius 3 is 1.53 bits per heavy atom. The Kier molecular flexibility index (Phi) is 2.17. The topological polar surface area (TPSA) is 37.1 Å². The van der Waals surface area contributed by atoms with Gasteiger partial charge in [0.1, 0.15) is 10.7 Å². The molecule has 0 unspecified atom stereocenters. The van der Waals surface area contributed by atoms with E-state index in [1.807, 2.05) is 24.3 Å². The van der Waals surface area contributed by atoms with Crippen molar-refractivity contribution >= 4 is 39.3 Å². The third-order valence-corrected chi connectivity index (χ3v) is 3.53. The van der Waals surface area contributed by atoms with Crippen LogP contribution in [0.25, 0.3) is 21.5 Å². The summed E-state index contributed by atoms with van der Waals surface area (Å²) >= 11 is 5.50. The van der Waals surface area contributed by atoms with Crippen LogP contribution in [0.2, 0.25) is 0 Å². The summed E-state index contributed by atoms with van der Waals surface area (Å²) in [6.45, 7) is 0. The Morgan fingerprint density at radius 2 is 1.11 bits per heavy atom. The summed E-state index contributed by atoms with van der Waals surface area (Å²) in [7, 11) is 0. The largest absolute Gasteiger partial charge is 0.262 e. The minimum Gasteiger partial charge on any atom is -0.208 e. The van der Waals surface area contributed by atoms with Crippen LogP contribution in [0.3, 0.4) is 0 Å². The lowest BCUT2D eigenvalue weighted by atomic mass is 10.0. The fourth-order valence-electron chi connectivity index (χ4n) is 2.59. The van der Waals surface area contributed by atoms with Crippen molar-refractivity contribution in [2.24, 2.45) is 14.5 Å². The van der Waals surface area contributed by atoms with Gasteiger partial charge in [-0.05, 0) is 10.8 Å².